The molecule has 2 nitrogen and oxygen atoms in total. The maximum absolute atomic E-state index is 6.16. The summed E-state index contributed by atoms with van der Waals surface area (Å²) < 4.78 is 6.16. The minimum atomic E-state index is -0.0522. The monoisotopic (exact) mass is 263 g/mol. The van der Waals surface area contributed by atoms with E-state index in [1.807, 2.05) is 11.8 Å². The van der Waals surface area contributed by atoms with Crippen LogP contribution in [0.1, 0.15) is 43.7 Å². The summed E-state index contributed by atoms with van der Waals surface area (Å²) in [4.78, 5) is 0. The molecule has 3 heteroatoms. The lowest BCUT2D eigenvalue weighted by Crippen LogP contribution is -2.34. The Kier molecular flexibility index (Phi) is 3.07. The van der Waals surface area contributed by atoms with Gasteiger partial charge in [-0.25, -0.2) is 0 Å². The van der Waals surface area contributed by atoms with Crippen LogP contribution in [-0.2, 0) is 6.42 Å². The molecule has 0 aromatic heterocycles. The second kappa shape index (κ2) is 4.46. The Morgan fingerprint density at radius 1 is 1.39 bits per heavy atom. The highest BCUT2D eigenvalue weighted by Gasteiger charge is 2.34. The first-order chi connectivity index (χ1) is 8.55. The molecule has 18 heavy (non-hydrogen) atoms. The van der Waals surface area contributed by atoms with Gasteiger partial charge in [0.15, 0.2) is 0 Å². The highest BCUT2D eigenvalue weighted by molar-refractivity contribution is 7.99. The maximum atomic E-state index is 6.16. The molecule has 2 heterocycles. The van der Waals surface area contributed by atoms with Crippen molar-refractivity contribution in [1.82, 2.24) is 5.32 Å². The number of nitrogens with one attached hydrogen (secondary N) is 1. The van der Waals surface area contributed by atoms with Crippen LogP contribution in [0.25, 0.3) is 0 Å². The third kappa shape index (κ3) is 2.26. The summed E-state index contributed by atoms with van der Waals surface area (Å²) in [6, 6.07) is 7.18. The van der Waals surface area contributed by atoms with Crippen molar-refractivity contribution in [2.24, 2.45) is 0 Å². The zero-order chi connectivity index (χ0) is 12.8. The van der Waals surface area contributed by atoms with Crippen LogP contribution >= 0.6 is 11.8 Å². The lowest BCUT2D eigenvalue weighted by molar-refractivity contribution is 0.137. The average Bonchev–Trinajstić information content (AvgIpc) is 2.62. The molecule has 2 aliphatic rings. The van der Waals surface area contributed by atoms with E-state index in [0.29, 0.717) is 11.4 Å². The second-order valence-electron chi connectivity index (χ2n) is 5.98. The molecule has 0 amide bonds. The smallest absolute Gasteiger partial charge is 0.129 e. The van der Waals surface area contributed by atoms with E-state index in [2.05, 4.69) is 44.3 Å². The molecular formula is C15H21NOS. The van der Waals surface area contributed by atoms with Crippen molar-refractivity contribution >= 4 is 11.8 Å². The summed E-state index contributed by atoms with van der Waals surface area (Å²) in [5, 5.41) is 4.06. The molecule has 0 radical (unpaired) electrons. The van der Waals surface area contributed by atoms with Gasteiger partial charge in [0.1, 0.15) is 11.4 Å². The Morgan fingerprint density at radius 3 is 3.00 bits per heavy atom. The summed E-state index contributed by atoms with van der Waals surface area (Å²) in [6.07, 6.45) is 2.27. The number of rotatable bonds is 1. The Balaban J connectivity index is 1.92. The number of para-hydroxylation sites is 1. The van der Waals surface area contributed by atoms with Gasteiger partial charge >= 0.3 is 0 Å². The average molecular weight is 263 g/mol. The second-order valence-corrected chi connectivity index (χ2v) is 7.19. The van der Waals surface area contributed by atoms with E-state index in [-0.39, 0.29) is 5.60 Å². The van der Waals surface area contributed by atoms with Crippen molar-refractivity contribution in [1.29, 1.82) is 0 Å². The van der Waals surface area contributed by atoms with Crippen molar-refractivity contribution in [3.63, 3.8) is 0 Å². The number of benzene rings is 1. The standard InChI is InChI=1S/C15H21NOS/c1-10-7-8-18-14(16-10)12-6-4-5-11-9-15(2,3)17-13(11)12/h4-6,10,14,16H,7-9H2,1-3H3. The molecule has 2 unspecified atom stereocenters. The molecule has 1 aromatic rings. The van der Waals surface area contributed by atoms with Crippen molar-refractivity contribution in [3.8, 4) is 5.75 Å². The van der Waals surface area contributed by atoms with E-state index < -0.39 is 0 Å². The first-order valence-electron chi connectivity index (χ1n) is 6.74. The van der Waals surface area contributed by atoms with Gasteiger partial charge in [-0.3, -0.25) is 5.32 Å². The van der Waals surface area contributed by atoms with Crippen molar-refractivity contribution < 1.29 is 4.74 Å². The van der Waals surface area contributed by atoms with Crippen LogP contribution in [0.15, 0.2) is 18.2 Å². The zero-order valence-electron chi connectivity index (χ0n) is 11.3. The Morgan fingerprint density at radius 2 is 2.22 bits per heavy atom. The highest BCUT2D eigenvalue weighted by atomic mass is 32.2. The van der Waals surface area contributed by atoms with Gasteiger partial charge in [0, 0.05) is 18.0 Å². The molecule has 1 saturated heterocycles. The Bertz CT molecular complexity index is 458. The van der Waals surface area contributed by atoms with E-state index in [1.54, 1.807) is 0 Å². The molecule has 0 saturated carbocycles. The van der Waals surface area contributed by atoms with Gasteiger partial charge < -0.3 is 4.74 Å². The summed E-state index contributed by atoms with van der Waals surface area (Å²) in [5.74, 6) is 2.35. The van der Waals surface area contributed by atoms with Crippen LogP contribution in [0.5, 0.6) is 5.75 Å². The molecule has 0 bridgehead atoms. The van der Waals surface area contributed by atoms with E-state index in [1.165, 1.54) is 23.3 Å². The van der Waals surface area contributed by atoms with Crippen LogP contribution in [-0.4, -0.2) is 17.4 Å². The fourth-order valence-corrected chi connectivity index (χ4v) is 4.20. The number of thioether (sulfide) groups is 1. The van der Waals surface area contributed by atoms with Gasteiger partial charge in [0.2, 0.25) is 0 Å². The molecule has 2 aliphatic heterocycles. The number of ether oxygens (including phenoxy) is 1. The molecule has 1 aromatic carbocycles. The third-order valence-corrected chi connectivity index (χ3v) is 4.87. The van der Waals surface area contributed by atoms with Gasteiger partial charge in [-0.15, -0.1) is 11.8 Å². The fraction of sp³-hybridized carbons (Fsp3) is 0.600. The van der Waals surface area contributed by atoms with Gasteiger partial charge in [0.05, 0.1) is 5.37 Å². The van der Waals surface area contributed by atoms with Gasteiger partial charge in [-0.05, 0) is 38.5 Å². The molecule has 3 rings (SSSR count). The van der Waals surface area contributed by atoms with Gasteiger partial charge in [-0.2, -0.15) is 0 Å². The predicted molar refractivity (Wildman–Crippen MR) is 77.3 cm³/mol. The van der Waals surface area contributed by atoms with Crippen LogP contribution in [0.2, 0.25) is 0 Å². The molecule has 2 atom stereocenters. The highest BCUT2D eigenvalue weighted by Crippen LogP contribution is 2.43. The van der Waals surface area contributed by atoms with E-state index in [4.69, 9.17) is 4.74 Å². The minimum Gasteiger partial charge on any atom is -0.487 e. The van der Waals surface area contributed by atoms with E-state index in [9.17, 15) is 0 Å². The maximum Gasteiger partial charge on any atom is 0.129 e. The molecule has 0 aliphatic carbocycles. The summed E-state index contributed by atoms with van der Waals surface area (Å²) in [6.45, 7) is 6.60. The van der Waals surface area contributed by atoms with Crippen LogP contribution < -0.4 is 10.1 Å². The predicted octanol–water partition coefficient (Wildman–Crippen LogP) is 3.51. The van der Waals surface area contributed by atoms with Crippen molar-refractivity contribution in [3.05, 3.63) is 29.3 Å². The van der Waals surface area contributed by atoms with Gasteiger partial charge in [-0.1, -0.05) is 18.2 Å². The number of hydrogen-bond acceptors (Lipinski definition) is 3. The summed E-state index contributed by atoms with van der Waals surface area (Å²) in [5.41, 5.74) is 2.64. The Hall–Kier alpha value is -0.670. The topological polar surface area (TPSA) is 21.3 Å². The Labute approximate surface area is 113 Å². The molecule has 1 fully saturated rings. The van der Waals surface area contributed by atoms with E-state index >= 15 is 0 Å². The SMILES string of the molecule is CC1CCSC(c2cccc3c2OC(C)(C)C3)N1. The van der Waals surface area contributed by atoms with Crippen LogP contribution in [0.4, 0.5) is 0 Å². The van der Waals surface area contributed by atoms with Crippen LogP contribution in [0, 0.1) is 0 Å². The molecule has 1 N–H and O–H groups in total. The largest absolute Gasteiger partial charge is 0.487 e. The molecular weight excluding hydrogens is 242 g/mol. The number of fused-ring (bicyclic) bond motifs is 1. The van der Waals surface area contributed by atoms with Gasteiger partial charge in [0.25, 0.3) is 0 Å². The first kappa shape index (κ1) is 12.4. The lowest BCUT2D eigenvalue weighted by atomic mass is 10.0. The van der Waals surface area contributed by atoms with Crippen molar-refractivity contribution in [2.75, 3.05) is 5.75 Å². The summed E-state index contributed by atoms with van der Waals surface area (Å²) >= 11 is 2.00. The zero-order valence-corrected chi connectivity index (χ0v) is 12.1. The van der Waals surface area contributed by atoms with E-state index in [0.717, 1.165) is 12.2 Å². The lowest BCUT2D eigenvalue weighted by Gasteiger charge is -2.30. The first-order valence-corrected chi connectivity index (χ1v) is 7.78. The van der Waals surface area contributed by atoms with Crippen molar-refractivity contribution in [2.45, 2.75) is 50.6 Å². The third-order valence-electron chi connectivity index (χ3n) is 3.68. The summed E-state index contributed by atoms with van der Waals surface area (Å²) in [7, 11) is 0. The van der Waals surface area contributed by atoms with Crippen LogP contribution in [0.3, 0.4) is 0 Å². The molecule has 0 spiro atoms. The normalized spacial score (nSPS) is 29.7. The minimum absolute atomic E-state index is 0.0522. The molecule has 98 valence electrons. The fourth-order valence-electron chi connectivity index (χ4n) is 2.78. The quantitative estimate of drug-likeness (QED) is 0.837. The number of hydrogen-bond donors (Lipinski definition) is 1.